The van der Waals surface area contributed by atoms with Crippen LogP contribution in [0.25, 0.3) is 0 Å². The van der Waals surface area contributed by atoms with Gasteiger partial charge in [0.25, 0.3) is 0 Å². The summed E-state index contributed by atoms with van der Waals surface area (Å²) >= 11 is 6.01. The lowest BCUT2D eigenvalue weighted by molar-refractivity contribution is -0.484. The molecule has 0 saturated heterocycles. The topological polar surface area (TPSA) is 77.3 Å². The summed E-state index contributed by atoms with van der Waals surface area (Å²) in [5.74, 6) is -4.46. The molecule has 0 heterocycles. The molecule has 7 heteroatoms. The normalized spacial score (nSPS) is 15.4. The van der Waals surface area contributed by atoms with Crippen molar-refractivity contribution in [3.63, 3.8) is 0 Å². The number of halogens is 2. The van der Waals surface area contributed by atoms with Gasteiger partial charge >= 0.3 is 0 Å². The molecule has 0 aliphatic heterocycles. The van der Waals surface area contributed by atoms with Crippen LogP contribution in [0.15, 0.2) is 42.5 Å². The Labute approximate surface area is 141 Å². The van der Waals surface area contributed by atoms with Gasteiger partial charge in [0.15, 0.2) is 11.6 Å². The number of hydrogen-bond donors (Lipinski definition) is 0. The van der Waals surface area contributed by atoms with Crippen molar-refractivity contribution in [1.29, 1.82) is 0 Å². The minimum Gasteiger partial charge on any atom is -0.293 e. The molecule has 3 rings (SSSR count). The molecular weight excluding hydrogens is 337 g/mol. The Morgan fingerprint density at radius 3 is 2.17 bits per heavy atom. The maximum Gasteiger partial charge on any atom is 0.212 e. The summed E-state index contributed by atoms with van der Waals surface area (Å²) in [6.45, 7) is -0.767. The molecule has 1 aliphatic rings. The van der Waals surface area contributed by atoms with Gasteiger partial charge in [-0.25, -0.2) is 4.39 Å². The number of fused-ring (bicyclic) bond motifs is 1. The molecule has 122 valence electrons. The lowest BCUT2D eigenvalue weighted by Crippen LogP contribution is -2.30. The van der Waals surface area contributed by atoms with E-state index in [0.29, 0.717) is 0 Å². The Kier molecular flexibility index (Phi) is 4.15. The monoisotopic (exact) mass is 347 g/mol. The molecule has 1 atom stereocenters. The first-order valence-corrected chi connectivity index (χ1v) is 7.52. The van der Waals surface area contributed by atoms with E-state index < -0.39 is 40.7 Å². The summed E-state index contributed by atoms with van der Waals surface area (Å²) in [6, 6.07) is 10.0. The largest absolute Gasteiger partial charge is 0.293 e. The van der Waals surface area contributed by atoms with Crippen LogP contribution in [0.5, 0.6) is 0 Å². The SMILES string of the molecule is O=C1c2ccccc2C(=O)C1[C@@H](C[N+](=O)[O-])c1c(F)cccc1Cl. The van der Waals surface area contributed by atoms with Crippen molar-refractivity contribution >= 4 is 23.2 Å². The molecule has 0 radical (unpaired) electrons. The zero-order chi connectivity index (χ0) is 17.4. The Balaban J connectivity index is 2.14. The molecular formula is C17H11ClFNO4. The second kappa shape index (κ2) is 6.13. The van der Waals surface area contributed by atoms with E-state index in [1.165, 1.54) is 24.3 Å². The number of benzene rings is 2. The predicted octanol–water partition coefficient (Wildman–Crippen LogP) is 3.53. The second-order valence-corrected chi connectivity index (χ2v) is 5.92. The van der Waals surface area contributed by atoms with Crippen LogP contribution in [0, 0.1) is 21.8 Å². The Hall–Kier alpha value is -2.60. The van der Waals surface area contributed by atoms with Gasteiger partial charge in [0.1, 0.15) is 5.82 Å². The van der Waals surface area contributed by atoms with E-state index in [1.807, 2.05) is 0 Å². The minimum absolute atomic E-state index is 0.0431. The molecule has 0 bridgehead atoms. The van der Waals surface area contributed by atoms with Crippen LogP contribution in [0.3, 0.4) is 0 Å². The molecule has 2 aromatic rings. The van der Waals surface area contributed by atoms with Crippen LogP contribution in [-0.2, 0) is 0 Å². The zero-order valence-corrected chi connectivity index (χ0v) is 13.0. The quantitative estimate of drug-likeness (QED) is 0.481. The summed E-state index contributed by atoms with van der Waals surface area (Å²) in [5, 5.41) is 11.0. The van der Waals surface area contributed by atoms with E-state index in [-0.39, 0.29) is 21.7 Å². The summed E-state index contributed by atoms with van der Waals surface area (Å²) in [7, 11) is 0. The van der Waals surface area contributed by atoms with Gasteiger partial charge in [-0.05, 0) is 12.1 Å². The Morgan fingerprint density at radius 2 is 1.67 bits per heavy atom. The third kappa shape index (κ3) is 2.59. The number of Topliss-reactive ketones (excluding diaryl/α,β-unsaturated/α-hetero) is 2. The highest BCUT2D eigenvalue weighted by Crippen LogP contribution is 2.40. The van der Waals surface area contributed by atoms with Crippen molar-refractivity contribution in [3.8, 4) is 0 Å². The number of hydrogen-bond acceptors (Lipinski definition) is 4. The number of nitro groups is 1. The Bertz CT molecular complexity index is 812. The van der Waals surface area contributed by atoms with Crippen LogP contribution < -0.4 is 0 Å². The molecule has 0 spiro atoms. The van der Waals surface area contributed by atoms with Crippen LogP contribution >= 0.6 is 11.6 Å². The lowest BCUT2D eigenvalue weighted by Gasteiger charge is -2.20. The van der Waals surface area contributed by atoms with Gasteiger partial charge in [-0.15, -0.1) is 0 Å². The van der Waals surface area contributed by atoms with Crippen LogP contribution in [0.4, 0.5) is 4.39 Å². The molecule has 5 nitrogen and oxygen atoms in total. The first kappa shape index (κ1) is 16.3. The zero-order valence-electron chi connectivity index (χ0n) is 12.2. The number of rotatable bonds is 4. The van der Waals surface area contributed by atoms with Gasteiger partial charge in [-0.1, -0.05) is 41.9 Å². The summed E-state index contributed by atoms with van der Waals surface area (Å²) in [6.07, 6.45) is 0. The van der Waals surface area contributed by atoms with Gasteiger partial charge in [-0.2, -0.15) is 0 Å². The van der Waals surface area contributed by atoms with Gasteiger partial charge in [0.2, 0.25) is 6.54 Å². The standard InChI is InChI=1S/C17H11ClFNO4/c18-12-6-3-7-13(19)14(12)11(8-20(23)24)15-16(21)9-4-1-2-5-10(9)17(15)22/h1-7,11,15H,8H2/t11-/m0/s1. The van der Waals surface area contributed by atoms with E-state index >= 15 is 0 Å². The molecule has 0 aromatic heterocycles. The maximum atomic E-state index is 14.3. The van der Waals surface area contributed by atoms with Crippen molar-refractivity contribution in [2.75, 3.05) is 6.54 Å². The van der Waals surface area contributed by atoms with E-state index in [2.05, 4.69) is 0 Å². The molecule has 24 heavy (non-hydrogen) atoms. The third-order valence-electron chi connectivity index (χ3n) is 4.14. The molecule has 0 fully saturated rings. The molecule has 0 unspecified atom stereocenters. The summed E-state index contributed by atoms with van der Waals surface area (Å²) < 4.78 is 14.3. The highest BCUT2D eigenvalue weighted by molar-refractivity contribution is 6.32. The summed E-state index contributed by atoms with van der Waals surface area (Å²) in [4.78, 5) is 35.6. The van der Waals surface area contributed by atoms with Crippen LogP contribution in [0.2, 0.25) is 5.02 Å². The van der Waals surface area contributed by atoms with E-state index in [4.69, 9.17) is 11.6 Å². The minimum atomic E-state index is -1.35. The number of nitrogens with zero attached hydrogens (tertiary/aromatic N) is 1. The van der Waals surface area contributed by atoms with Crippen molar-refractivity contribution < 1.29 is 18.9 Å². The predicted molar refractivity (Wildman–Crippen MR) is 84.6 cm³/mol. The first-order chi connectivity index (χ1) is 11.4. The second-order valence-electron chi connectivity index (χ2n) is 5.51. The molecule has 0 N–H and O–H groups in total. The van der Waals surface area contributed by atoms with Crippen molar-refractivity contribution in [2.45, 2.75) is 5.92 Å². The molecule has 1 aliphatic carbocycles. The summed E-state index contributed by atoms with van der Waals surface area (Å²) in [5.41, 5.74) is 0.233. The van der Waals surface area contributed by atoms with E-state index in [9.17, 15) is 24.1 Å². The average Bonchev–Trinajstić information content (AvgIpc) is 2.78. The molecule has 0 saturated carbocycles. The van der Waals surface area contributed by atoms with Crippen LogP contribution in [0.1, 0.15) is 32.2 Å². The number of carbonyl (C=O) groups excluding carboxylic acids is 2. The fraction of sp³-hybridized carbons (Fsp3) is 0.176. The third-order valence-corrected chi connectivity index (χ3v) is 4.47. The van der Waals surface area contributed by atoms with Gasteiger partial charge in [0, 0.05) is 26.6 Å². The van der Waals surface area contributed by atoms with Gasteiger partial charge in [-0.3, -0.25) is 19.7 Å². The highest BCUT2D eigenvalue weighted by Gasteiger charge is 2.47. The maximum absolute atomic E-state index is 14.3. The molecule has 0 amide bonds. The lowest BCUT2D eigenvalue weighted by atomic mass is 9.82. The number of ketones is 2. The fourth-order valence-electron chi connectivity index (χ4n) is 3.12. The number of carbonyl (C=O) groups is 2. The smallest absolute Gasteiger partial charge is 0.212 e. The van der Waals surface area contributed by atoms with Crippen LogP contribution in [-0.4, -0.2) is 23.0 Å². The van der Waals surface area contributed by atoms with Gasteiger partial charge < -0.3 is 0 Å². The first-order valence-electron chi connectivity index (χ1n) is 7.15. The van der Waals surface area contributed by atoms with Crippen molar-refractivity contribution in [2.24, 2.45) is 5.92 Å². The van der Waals surface area contributed by atoms with Gasteiger partial charge in [0.05, 0.1) is 11.8 Å². The van der Waals surface area contributed by atoms with E-state index in [1.54, 1.807) is 12.1 Å². The van der Waals surface area contributed by atoms with Crippen molar-refractivity contribution in [3.05, 3.63) is 80.1 Å². The van der Waals surface area contributed by atoms with Crippen molar-refractivity contribution in [1.82, 2.24) is 0 Å². The van der Waals surface area contributed by atoms with E-state index in [0.717, 1.165) is 6.07 Å². The average molecular weight is 348 g/mol. The molecule has 2 aromatic carbocycles. The fourth-order valence-corrected chi connectivity index (χ4v) is 3.42. The Morgan fingerprint density at radius 1 is 1.08 bits per heavy atom. The highest BCUT2D eigenvalue weighted by atomic mass is 35.5.